The van der Waals surface area contributed by atoms with Crippen LogP contribution in [-0.4, -0.2) is 12.0 Å². The van der Waals surface area contributed by atoms with Crippen molar-refractivity contribution in [3.8, 4) is 5.75 Å². The van der Waals surface area contributed by atoms with Crippen molar-refractivity contribution in [1.29, 1.82) is 0 Å². The molecule has 0 fully saturated rings. The second-order valence-corrected chi connectivity index (χ2v) is 5.79. The average Bonchev–Trinajstić information content (AvgIpc) is 2.48. The van der Waals surface area contributed by atoms with Gasteiger partial charge in [-0.3, -0.25) is 4.79 Å². The van der Waals surface area contributed by atoms with E-state index in [-0.39, 0.29) is 5.91 Å². The number of halogens is 2. The molecule has 0 radical (unpaired) electrons. The van der Waals surface area contributed by atoms with E-state index in [9.17, 15) is 4.79 Å². The van der Waals surface area contributed by atoms with Crippen molar-refractivity contribution in [2.24, 2.45) is 0 Å². The summed E-state index contributed by atoms with van der Waals surface area (Å²) in [5.41, 5.74) is 1.63. The van der Waals surface area contributed by atoms with Crippen LogP contribution in [-0.2, 0) is 4.79 Å². The van der Waals surface area contributed by atoms with Crippen LogP contribution in [0, 0.1) is 6.92 Å². The zero-order chi connectivity index (χ0) is 16.1. The zero-order valence-corrected chi connectivity index (χ0v) is 13.9. The molecule has 0 aromatic heterocycles. The minimum Gasteiger partial charge on any atom is -0.481 e. The number of anilines is 1. The van der Waals surface area contributed by atoms with Crippen molar-refractivity contribution in [1.82, 2.24) is 0 Å². The molecule has 0 heterocycles. The van der Waals surface area contributed by atoms with Crippen molar-refractivity contribution in [3.05, 3.63) is 58.1 Å². The summed E-state index contributed by atoms with van der Waals surface area (Å²) >= 11 is 11.9. The third kappa shape index (κ3) is 4.39. The maximum atomic E-state index is 12.4. The molecule has 22 heavy (non-hydrogen) atoms. The van der Waals surface area contributed by atoms with Gasteiger partial charge in [0.2, 0.25) is 0 Å². The van der Waals surface area contributed by atoms with Gasteiger partial charge in [-0.1, -0.05) is 42.3 Å². The molecule has 116 valence electrons. The summed E-state index contributed by atoms with van der Waals surface area (Å²) < 4.78 is 5.72. The lowest BCUT2D eigenvalue weighted by Crippen LogP contribution is -2.32. The maximum Gasteiger partial charge on any atom is 0.265 e. The van der Waals surface area contributed by atoms with Gasteiger partial charge in [-0.2, -0.15) is 0 Å². The summed E-state index contributed by atoms with van der Waals surface area (Å²) in [6, 6.07) is 12.4. The Labute approximate surface area is 140 Å². The van der Waals surface area contributed by atoms with Gasteiger partial charge < -0.3 is 10.1 Å². The van der Waals surface area contributed by atoms with Crippen molar-refractivity contribution < 1.29 is 9.53 Å². The van der Waals surface area contributed by atoms with Crippen LogP contribution in [0.3, 0.4) is 0 Å². The van der Waals surface area contributed by atoms with Crippen LogP contribution in [0.2, 0.25) is 10.0 Å². The highest BCUT2D eigenvalue weighted by Gasteiger charge is 2.19. The molecule has 1 amide bonds. The quantitative estimate of drug-likeness (QED) is 0.824. The maximum absolute atomic E-state index is 12.4. The molecular formula is C17H17Cl2NO2. The van der Waals surface area contributed by atoms with E-state index in [1.165, 1.54) is 0 Å². The Balaban J connectivity index is 2.10. The van der Waals surface area contributed by atoms with Crippen LogP contribution < -0.4 is 10.1 Å². The Morgan fingerprint density at radius 3 is 2.59 bits per heavy atom. The topological polar surface area (TPSA) is 38.3 Å². The van der Waals surface area contributed by atoms with E-state index >= 15 is 0 Å². The molecule has 3 nitrogen and oxygen atoms in total. The number of carbonyl (C=O) groups is 1. The number of hydrogen-bond donors (Lipinski definition) is 1. The van der Waals surface area contributed by atoms with E-state index < -0.39 is 6.10 Å². The van der Waals surface area contributed by atoms with Gasteiger partial charge in [0.1, 0.15) is 5.75 Å². The first kappa shape index (κ1) is 16.7. The van der Waals surface area contributed by atoms with Gasteiger partial charge in [0.25, 0.3) is 5.91 Å². The Morgan fingerprint density at radius 2 is 1.91 bits per heavy atom. The third-order valence-electron chi connectivity index (χ3n) is 3.20. The summed E-state index contributed by atoms with van der Waals surface area (Å²) in [5.74, 6) is 0.352. The molecule has 1 atom stereocenters. The van der Waals surface area contributed by atoms with Gasteiger partial charge in [0.05, 0.1) is 0 Å². The third-order valence-corrected chi connectivity index (χ3v) is 3.67. The largest absolute Gasteiger partial charge is 0.481 e. The predicted octanol–water partition coefficient (Wildman–Crippen LogP) is 5.10. The first-order valence-corrected chi connectivity index (χ1v) is 7.74. The zero-order valence-electron chi connectivity index (χ0n) is 12.4. The van der Waals surface area contributed by atoms with Gasteiger partial charge in [0, 0.05) is 15.7 Å². The van der Waals surface area contributed by atoms with E-state index in [4.69, 9.17) is 27.9 Å². The van der Waals surface area contributed by atoms with E-state index in [0.29, 0.717) is 27.9 Å². The van der Waals surface area contributed by atoms with Crippen LogP contribution >= 0.6 is 23.2 Å². The molecule has 0 spiro atoms. The first-order valence-electron chi connectivity index (χ1n) is 6.99. The van der Waals surface area contributed by atoms with Gasteiger partial charge in [0.15, 0.2) is 6.10 Å². The molecule has 1 N–H and O–H groups in total. The van der Waals surface area contributed by atoms with Crippen LogP contribution in [0.1, 0.15) is 18.9 Å². The summed E-state index contributed by atoms with van der Waals surface area (Å²) in [5, 5.41) is 4.00. The van der Waals surface area contributed by atoms with Gasteiger partial charge in [-0.15, -0.1) is 0 Å². The summed E-state index contributed by atoms with van der Waals surface area (Å²) in [6.07, 6.45) is -0.0605. The summed E-state index contributed by atoms with van der Waals surface area (Å²) in [4.78, 5) is 12.4. The van der Waals surface area contributed by atoms with E-state index in [1.54, 1.807) is 36.4 Å². The second-order valence-electron chi connectivity index (χ2n) is 4.92. The molecule has 2 rings (SSSR count). The van der Waals surface area contributed by atoms with Crippen LogP contribution in [0.15, 0.2) is 42.5 Å². The Morgan fingerprint density at radius 1 is 1.18 bits per heavy atom. The van der Waals surface area contributed by atoms with Gasteiger partial charge in [-0.25, -0.2) is 0 Å². The molecule has 0 aliphatic carbocycles. The fraction of sp³-hybridized carbons (Fsp3) is 0.235. The van der Waals surface area contributed by atoms with E-state index in [0.717, 1.165) is 5.56 Å². The summed E-state index contributed by atoms with van der Waals surface area (Å²) in [7, 11) is 0. The normalized spacial score (nSPS) is 11.8. The lowest BCUT2D eigenvalue weighted by molar-refractivity contribution is -0.122. The summed E-state index contributed by atoms with van der Waals surface area (Å²) in [6.45, 7) is 3.80. The predicted molar refractivity (Wildman–Crippen MR) is 91.0 cm³/mol. The minimum atomic E-state index is -0.600. The second kappa shape index (κ2) is 7.52. The first-order chi connectivity index (χ1) is 10.5. The number of carbonyl (C=O) groups excluding carboxylic acids is 1. The van der Waals surface area contributed by atoms with Crippen LogP contribution in [0.5, 0.6) is 5.75 Å². The molecule has 0 saturated heterocycles. The number of aryl methyl sites for hydroxylation is 1. The van der Waals surface area contributed by atoms with E-state index in [2.05, 4.69) is 5.32 Å². The number of ether oxygens (including phenoxy) is 1. The van der Waals surface area contributed by atoms with Crippen molar-refractivity contribution in [2.45, 2.75) is 26.4 Å². The molecule has 0 aliphatic heterocycles. The number of rotatable bonds is 5. The Bertz CT molecular complexity index is 673. The minimum absolute atomic E-state index is 0.215. The Hall–Kier alpha value is -1.71. The lowest BCUT2D eigenvalue weighted by atomic mass is 10.2. The molecule has 2 aromatic rings. The molecule has 0 aliphatic rings. The highest BCUT2D eigenvalue weighted by molar-refractivity contribution is 6.31. The van der Waals surface area contributed by atoms with Crippen LogP contribution in [0.25, 0.3) is 0 Å². The van der Waals surface area contributed by atoms with Crippen molar-refractivity contribution in [2.75, 3.05) is 5.32 Å². The van der Waals surface area contributed by atoms with Gasteiger partial charge >= 0.3 is 0 Å². The monoisotopic (exact) mass is 337 g/mol. The molecule has 0 saturated carbocycles. The average molecular weight is 338 g/mol. The van der Waals surface area contributed by atoms with Gasteiger partial charge in [-0.05, 0) is 49.2 Å². The van der Waals surface area contributed by atoms with Crippen molar-refractivity contribution >= 4 is 34.8 Å². The number of benzene rings is 2. The fourth-order valence-electron chi connectivity index (χ4n) is 1.97. The Kier molecular flexibility index (Phi) is 5.69. The number of nitrogens with one attached hydrogen (secondary N) is 1. The molecule has 2 aromatic carbocycles. The lowest BCUT2D eigenvalue weighted by Gasteiger charge is -2.18. The molecular weight excluding hydrogens is 321 g/mol. The standard InChI is InChI=1S/C17H17Cl2NO2/c1-3-16(22-14-6-4-5-12(18)9-14)17(21)20-15-10-13(19)8-7-11(15)2/h4-10,16H,3H2,1-2H3,(H,20,21)/t16-/m0/s1. The highest BCUT2D eigenvalue weighted by atomic mass is 35.5. The number of hydrogen-bond acceptors (Lipinski definition) is 2. The SMILES string of the molecule is CC[C@H](Oc1cccc(Cl)c1)C(=O)Nc1cc(Cl)ccc1C. The number of amides is 1. The van der Waals surface area contributed by atoms with Crippen molar-refractivity contribution in [3.63, 3.8) is 0 Å². The molecule has 0 bridgehead atoms. The molecule has 0 unspecified atom stereocenters. The fourth-order valence-corrected chi connectivity index (χ4v) is 2.32. The van der Waals surface area contributed by atoms with E-state index in [1.807, 2.05) is 19.9 Å². The highest BCUT2D eigenvalue weighted by Crippen LogP contribution is 2.22. The smallest absolute Gasteiger partial charge is 0.265 e. The van der Waals surface area contributed by atoms with Crippen LogP contribution in [0.4, 0.5) is 5.69 Å². The molecule has 5 heteroatoms.